The molecule has 7 heteroatoms. The Balaban J connectivity index is 1.71. The van der Waals surface area contributed by atoms with Gasteiger partial charge in [0.05, 0.1) is 19.1 Å². The van der Waals surface area contributed by atoms with Crippen molar-refractivity contribution in [3.63, 3.8) is 0 Å². The summed E-state index contributed by atoms with van der Waals surface area (Å²) in [6.07, 6.45) is 0.420. The lowest BCUT2D eigenvalue weighted by molar-refractivity contribution is -0.142. The van der Waals surface area contributed by atoms with Crippen LogP contribution in [0.15, 0.2) is 30.3 Å². The molecular formula is C17H23N3O4. The van der Waals surface area contributed by atoms with Crippen LogP contribution in [0.5, 0.6) is 0 Å². The number of nitrogens with zero attached hydrogens (tertiary/aromatic N) is 1. The third-order valence-electron chi connectivity index (χ3n) is 3.69. The van der Waals surface area contributed by atoms with Gasteiger partial charge < -0.3 is 20.3 Å². The molecule has 1 saturated heterocycles. The van der Waals surface area contributed by atoms with Crippen LogP contribution in [0.25, 0.3) is 0 Å². The van der Waals surface area contributed by atoms with Crippen molar-refractivity contribution in [3.8, 4) is 0 Å². The molecule has 7 nitrogen and oxygen atoms in total. The summed E-state index contributed by atoms with van der Waals surface area (Å²) >= 11 is 0. The highest BCUT2D eigenvalue weighted by molar-refractivity contribution is 5.81. The van der Waals surface area contributed by atoms with E-state index in [4.69, 9.17) is 4.74 Å². The molecule has 0 aliphatic carbocycles. The van der Waals surface area contributed by atoms with Gasteiger partial charge in [-0.3, -0.25) is 9.59 Å². The predicted octanol–water partition coefficient (Wildman–Crippen LogP) is 1.04. The number of hydrogen-bond acceptors (Lipinski definition) is 4. The number of carbonyl (C=O) groups is 3. The Bertz CT molecular complexity index is 576. The molecule has 24 heavy (non-hydrogen) atoms. The number of rotatable bonds is 7. The van der Waals surface area contributed by atoms with Crippen LogP contribution in [0.3, 0.4) is 0 Å². The van der Waals surface area contributed by atoms with E-state index in [1.165, 1.54) is 0 Å². The van der Waals surface area contributed by atoms with Gasteiger partial charge in [0.2, 0.25) is 5.91 Å². The van der Waals surface area contributed by atoms with E-state index in [1.54, 1.807) is 11.8 Å². The van der Waals surface area contributed by atoms with Crippen LogP contribution >= 0.6 is 0 Å². The van der Waals surface area contributed by atoms with E-state index >= 15 is 0 Å². The number of esters is 1. The normalized spacial score (nSPS) is 16.8. The molecule has 0 aromatic heterocycles. The lowest BCUT2D eigenvalue weighted by atomic mass is 10.2. The van der Waals surface area contributed by atoms with Gasteiger partial charge in [-0.2, -0.15) is 0 Å². The second-order valence-corrected chi connectivity index (χ2v) is 5.62. The molecule has 130 valence electrons. The zero-order chi connectivity index (χ0) is 17.4. The first-order valence-electron chi connectivity index (χ1n) is 8.10. The number of urea groups is 1. The van der Waals surface area contributed by atoms with Crippen LogP contribution in [-0.4, -0.2) is 48.5 Å². The largest absolute Gasteiger partial charge is 0.466 e. The van der Waals surface area contributed by atoms with Crippen molar-refractivity contribution in [1.29, 1.82) is 0 Å². The van der Waals surface area contributed by atoms with Crippen LogP contribution < -0.4 is 10.6 Å². The Kier molecular flexibility index (Phi) is 6.60. The molecule has 1 aliphatic heterocycles. The van der Waals surface area contributed by atoms with Crippen molar-refractivity contribution in [3.05, 3.63) is 35.9 Å². The molecular weight excluding hydrogens is 310 g/mol. The van der Waals surface area contributed by atoms with Crippen molar-refractivity contribution in [2.75, 3.05) is 19.7 Å². The van der Waals surface area contributed by atoms with E-state index in [2.05, 4.69) is 10.6 Å². The van der Waals surface area contributed by atoms with Gasteiger partial charge in [0.25, 0.3) is 0 Å². The van der Waals surface area contributed by atoms with Gasteiger partial charge in [0, 0.05) is 26.1 Å². The molecule has 1 heterocycles. The van der Waals surface area contributed by atoms with Crippen LogP contribution in [0.1, 0.15) is 25.3 Å². The number of amides is 3. The average Bonchev–Trinajstić information content (AvgIpc) is 2.88. The van der Waals surface area contributed by atoms with Crippen molar-refractivity contribution < 1.29 is 19.1 Å². The molecule has 1 aromatic carbocycles. The Morgan fingerprint density at radius 3 is 2.75 bits per heavy atom. The van der Waals surface area contributed by atoms with Crippen molar-refractivity contribution >= 4 is 17.9 Å². The molecule has 1 aromatic rings. The van der Waals surface area contributed by atoms with Crippen molar-refractivity contribution in [2.45, 2.75) is 32.4 Å². The summed E-state index contributed by atoms with van der Waals surface area (Å²) in [6, 6.07) is 9.14. The molecule has 2 rings (SSSR count). The summed E-state index contributed by atoms with van der Waals surface area (Å²) < 4.78 is 4.78. The van der Waals surface area contributed by atoms with Crippen molar-refractivity contribution in [2.24, 2.45) is 0 Å². The van der Waals surface area contributed by atoms with Gasteiger partial charge >= 0.3 is 12.0 Å². The first-order chi connectivity index (χ1) is 11.6. The smallest absolute Gasteiger partial charge is 0.315 e. The van der Waals surface area contributed by atoms with Gasteiger partial charge in [0.15, 0.2) is 0 Å². The van der Waals surface area contributed by atoms with Gasteiger partial charge in [-0.15, -0.1) is 0 Å². The Hall–Kier alpha value is -2.57. The number of carbonyl (C=O) groups excluding carboxylic acids is 3. The minimum absolute atomic E-state index is 0.0238. The standard InChI is InChI=1S/C17H23N3O4/c1-2-24-16(22)8-9-18-17(23)19-14-10-15(21)20(12-14)11-13-6-4-3-5-7-13/h3-7,14H,2,8-12H2,1H3,(H2,18,19,23). The third-order valence-corrected chi connectivity index (χ3v) is 3.69. The van der Waals surface area contributed by atoms with E-state index in [0.717, 1.165) is 5.56 Å². The highest BCUT2D eigenvalue weighted by Crippen LogP contribution is 2.14. The zero-order valence-corrected chi connectivity index (χ0v) is 13.8. The average molecular weight is 333 g/mol. The highest BCUT2D eigenvalue weighted by Gasteiger charge is 2.30. The molecule has 0 spiro atoms. The maximum atomic E-state index is 12.0. The summed E-state index contributed by atoms with van der Waals surface area (Å²) in [6.45, 7) is 3.29. The van der Waals surface area contributed by atoms with Crippen molar-refractivity contribution in [1.82, 2.24) is 15.5 Å². The SMILES string of the molecule is CCOC(=O)CCNC(=O)NC1CC(=O)N(Cc2ccccc2)C1. The van der Waals surface area contributed by atoms with Crippen LogP contribution in [0, 0.1) is 0 Å². The molecule has 0 saturated carbocycles. The number of benzene rings is 1. The lowest BCUT2D eigenvalue weighted by Crippen LogP contribution is -2.43. The number of nitrogens with one attached hydrogen (secondary N) is 2. The van der Waals surface area contributed by atoms with E-state index in [1.807, 2.05) is 30.3 Å². The zero-order valence-electron chi connectivity index (χ0n) is 13.8. The minimum atomic E-state index is -0.376. The molecule has 1 unspecified atom stereocenters. The highest BCUT2D eigenvalue weighted by atomic mass is 16.5. The van der Waals surface area contributed by atoms with E-state index < -0.39 is 0 Å². The van der Waals surface area contributed by atoms with Gasteiger partial charge in [-0.1, -0.05) is 30.3 Å². The maximum Gasteiger partial charge on any atom is 0.315 e. The van der Waals surface area contributed by atoms with Crippen LogP contribution in [0.2, 0.25) is 0 Å². The molecule has 0 bridgehead atoms. The first kappa shape index (κ1) is 17.8. The van der Waals surface area contributed by atoms with Crippen LogP contribution in [0.4, 0.5) is 4.79 Å². The second kappa shape index (κ2) is 8.90. The molecule has 1 aliphatic rings. The second-order valence-electron chi connectivity index (χ2n) is 5.62. The maximum absolute atomic E-state index is 12.0. The van der Waals surface area contributed by atoms with E-state index in [0.29, 0.717) is 19.7 Å². The Morgan fingerprint density at radius 1 is 1.29 bits per heavy atom. The fraction of sp³-hybridized carbons (Fsp3) is 0.471. The summed E-state index contributed by atoms with van der Waals surface area (Å²) in [4.78, 5) is 36.8. The minimum Gasteiger partial charge on any atom is -0.466 e. The molecule has 1 fully saturated rings. The summed E-state index contributed by atoms with van der Waals surface area (Å²) in [5, 5.41) is 5.36. The number of likely N-dealkylation sites (tertiary alicyclic amines) is 1. The number of hydrogen-bond donors (Lipinski definition) is 2. The first-order valence-corrected chi connectivity index (χ1v) is 8.10. The molecule has 3 amide bonds. The fourth-order valence-corrected chi connectivity index (χ4v) is 2.57. The van der Waals surface area contributed by atoms with Gasteiger partial charge in [-0.05, 0) is 12.5 Å². The van der Waals surface area contributed by atoms with Gasteiger partial charge in [-0.25, -0.2) is 4.79 Å². The molecule has 2 N–H and O–H groups in total. The summed E-state index contributed by atoms with van der Waals surface area (Å²) in [7, 11) is 0. The van der Waals surface area contributed by atoms with E-state index in [-0.39, 0.29) is 43.3 Å². The summed E-state index contributed by atoms with van der Waals surface area (Å²) in [5.74, 6) is -0.321. The van der Waals surface area contributed by atoms with Crippen LogP contribution in [-0.2, 0) is 20.9 Å². The lowest BCUT2D eigenvalue weighted by Gasteiger charge is -2.17. The Labute approximate surface area is 141 Å². The predicted molar refractivity (Wildman–Crippen MR) is 88.0 cm³/mol. The van der Waals surface area contributed by atoms with Gasteiger partial charge in [0.1, 0.15) is 0 Å². The Morgan fingerprint density at radius 2 is 2.04 bits per heavy atom. The summed E-state index contributed by atoms with van der Waals surface area (Å²) in [5.41, 5.74) is 1.06. The molecule has 0 radical (unpaired) electrons. The quantitative estimate of drug-likeness (QED) is 0.730. The fourth-order valence-electron chi connectivity index (χ4n) is 2.57. The third kappa shape index (κ3) is 5.57. The molecule has 1 atom stereocenters. The number of ether oxygens (including phenoxy) is 1. The topological polar surface area (TPSA) is 87.7 Å². The van der Waals surface area contributed by atoms with E-state index in [9.17, 15) is 14.4 Å². The monoisotopic (exact) mass is 333 g/mol.